The van der Waals surface area contributed by atoms with Gasteiger partial charge in [0.05, 0.1) is 33.3 Å². The number of nitrogens with zero attached hydrogens (tertiary/aromatic N) is 4. The number of piperazine rings is 1. The molecular weight excluding hydrogens is 432 g/mol. The number of carbonyl (C=O) groups excluding carboxylic acids is 1. The lowest BCUT2D eigenvalue weighted by molar-refractivity contribution is -0.134. The van der Waals surface area contributed by atoms with Gasteiger partial charge in [-0.3, -0.25) is 14.6 Å². The van der Waals surface area contributed by atoms with Crippen molar-refractivity contribution in [2.24, 2.45) is 0 Å². The molecule has 3 aliphatic heterocycles. The van der Waals surface area contributed by atoms with Crippen molar-refractivity contribution in [2.45, 2.75) is 31.2 Å². The third kappa shape index (κ3) is 4.79. The highest BCUT2D eigenvalue weighted by Crippen LogP contribution is 2.33. The summed E-state index contributed by atoms with van der Waals surface area (Å²) >= 11 is 1.78. The maximum atomic E-state index is 12.9. The summed E-state index contributed by atoms with van der Waals surface area (Å²) in [5.41, 5.74) is 1.07. The van der Waals surface area contributed by atoms with Crippen LogP contribution in [-0.2, 0) is 14.6 Å². The van der Waals surface area contributed by atoms with Crippen LogP contribution in [0.5, 0.6) is 0 Å². The SMILES string of the molecule is O=C(CN1CCC[C@H](c2nc3ccccc3s2)C1)N1CCN([C@H]2CCS(=O)(=O)C2)CC1. The molecule has 9 heteroatoms. The van der Waals surface area contributed by atoms with Gasteiger partial charge in [0.25, 0.3) is 0 Å². The largest absolute Gasteiger partial charge is 0.339 e. The number of sulfone groups is 1. The second kappa shape index (κ2) is 8.77. The summed E-state index contributed by atoms with van der Waals surface area (Å²) in [5, 5.41) is 1.19. The predicted molar refractivity (Wildman–Crippen MR) is 123 cm³/mol. The summed E-state index contributed by atoms with van der Waals surface area (Å²) in [6, 6.07) is 8.42. The number of likely N-dealkylation sites (tertiary alicyclic amines) is 1. The minimum atomic E-state index is -2.86. The summed E-state index contributed by atoms with van der Waals surface area (Å²) in [4.78, 5) is 24.3. The molecule has 5 rings (SSSR count). The average Bonchev–Trinajstić information content (AvgIpc) is 3.37. The number of hydrogen-bond donors (Lipinski definition) is 0. The summed E-state index contributed by atoms with van der Waals surface area (Å²) in [6.07, 6.45) is 2.96. The van der Waals surface area contributed by atoms with Crippen LogP contribution in [0.1, 0.15) is 30.2 Å². The lowest BCUT2D eigenvalue weighted by atomic mass is 9.98. The number of piperidine rings is 1. The van der Waals surface area contributed by atoms with Crippen molar-refractivity contribution in [2.75, 3.05) is 57.3 Å². The van der Waals surface area contributed by atoms with Gasteiger partial charge in [-0.15, -0.1) is 11.3 Å². The maximum absolute atomic E-state index is 12.9. The Morgan fingerprint density at radius 1 is 1.10 bits per heavy atom. The van der Waals surface area contributed by atoms with Crippen LogP contribution < -0.4 is 0 Å². The van der Waals surface area contributed by atoms with E-state index in [4.69, 9.17) is 4.98 Å². The summed E-state index contributed by atoms with van der Waals surface area (Å²) in [5.74, 6) is 1.19. The quantitative estimate of drug-likeness (QED) is 0.690. The molecule has 2 aromatic rings. The van der Waals surface area contributed by atoms with Gasteiger partial charge in [0.1, 0.15) is 0 Å². The average molecular weight is 463 g/mol. The van der Waals surface area contributed by atoms with E-state index in [0.29, 0.717) is 31.3 Å². The number of hydrogen-bond acceptors (Lipinski definition) is 7. The molecule has 1 amide bonds. The second-order valence-electron chi connectivity index (χ2n) is 9.07. The molecule has 7 nitrogen and oxygen atoms in total. The number of carbonyl (C=O) groups is 1. The number of aromatic nitrogens is 1. The maximum Gasteiger partial charge on any atom is 0.236 e. The predicted octanol–water partition coefficient (Wildman–Crippen LogP) is 1.81. The van der Waals surface area contributed by atoms with Gasteiger partial charge < -0.3 is 4.90 Å². The summed E-state index contributed by atoms with van der Waals surface area (Å²) in [7, 11) is -2.86. The smallest absolute Gasteiger partial charge is 0.236 e. The van der Waals surface area contributed by atoms with E-state index in [1.54, 1.807) is 11.3 Å². The lowest BCUT2D eigenvalue weighted by Gasteiger charge is -2.39. The summed E-state index contributed by atoms with van der Waals surface area (Å²) in [6.45, 7) is 5.28. The molecule has 0 N–H and O–H groups in total. The molecule has 0 saturated carbocycles. The first-order chi connectivity index (χ1) is 15.0. The number of benzene rings is 1. The topological polar surface area (TPSA) is 73.8 Å². The van der Waals surface area contributed by atoms with Gasteiger partial charge in [-0.1, -0.05) is 12.1 Å². The number of rotatable bonds is 4. The van der Waals surface area contributed by atoms with Crippen LogP contribution in [0.3, 0.4) is 0 Å². The second-order valence-corrected chi connectivity index (χ2v) is 12.4. The van der Waals surface area contributed by atoms with Crippen LogP contribution in [0.25, 0.3) is 10.2 Å². The zero-order valence-electron chi connectivity index (χ0n) is 17.8. The number of amides is 1. The van der Waals surface area contributed by atoms with Crippen LogP contribution in [-0.4, -0.2) is 97.4 Å². The molecule has 1 aromatic heterocycles. The first-order valence-electron chi connectivity index (χ1n) is 11.3. The highest BCUT2D eigenvalue weighted by molar-refractivity contribution is 7.91. The number of para-hydroxylation sites is 1. The Bertz CT molecular complexity index is 1010. The highest BCUT2D eigenvalue weighted by atomic mass is 32.2. The van der Waals surface area contributed by atoms with Gasteiger partial charge in [-0.25, -0.2) is 13.4 Å². The van der Waals surface area contributed by atoms with E-state index in [1.807, 2.05) is 11.0 Å². The molecule has 0 spiro atoms. The Balaban J connectivity index is 1.14. The van der Waals surface area contributed by atoms with Gasteiger partial charge in [0.2, 0.25) is 5.91 Å². The molecule has 31 heavy (non-hydrogen) atoms. The zero-order valence-corrected chi connectivity index (χ0v) is 19.4. The molecule has 3 saturated heterocycles. The standard InChI is InChI=1S/C22H30N4O3S2/c27-21(26-11-9-25(10-12-26)18-7-13-31(28,29)16-18)15-24-8-3-4-17(14-24)22-23-19-5-1-2-6-20(19)30-22/h1-2,5-6,17-18H,3-4,7-16H2/t17-,18-/m0/s1. The third-order valence-corrected chi connectivity index (χ3v) is 9.87. The van der Waals surface area contributed by atoms with Crippen molar-refractivity contribution < 1.29 is 13.2 Å². The van der Waals surface area contributed by atoms with Gasteiger partial charge in [-0.2, -0.15) is 0 Å². The molecule has 0 aliphatic carbocycles. The van der Waals surface area contributed by atoms with Gasteiger partial charge in [0.15, 0.2) is 9.84 Å². The fraction of sp³-hybridized carbons (Fsp3) is 0.636. The first-order valence-corrected chi connectivity index (χ1v) is 13.9. The molecule has 0 bridgehead atoms. The molecule has 3 aliphatic rings. The Morgan fingerprint density at radius 3 is 2.65 bits per heavy atom. The van der Waals surface area contributed by atoms with Crippen LogP contribution in [0.2, 0.25) is 0 Å². The van der Waals surface area contributed by atoms with Gasteiger partial charge >= 0.3 is 0 Å². The number of thiazole rings is 1. The Kier molecular flexibility index (Phi) is 6.02. The van der Waals surface area contributed by atoms with E-state index in [0.717, 1.165) is 51.0 Å². The van der Waals surface area contributed by atoms with E-state index in [2.05, 4.69) is 28.0 Å². The Morgan fingerprint density at radius 2 is 1.90 bits per heavy atom. The van der Waals surface area contributed by atoms with Crippen molar-refractivity contribution in [3.63, 3.8) is 0 Å². The van der Waals surface area contributed by atoms with E-state index in [-0.39, 0.29) is 17.7 Å². The Labute approximate surface area is 187 Å². The fourth-order valence-corrected chi connectivity index (χ4v) is 8.01. The number of fused-ring (bicyclic) bond motifs is 1. The minimum Gasteiger partial charge on any atom is -0.339 e. The van der Waals surface area contributed by atoms with Crippen molar-refractivity contribution in [3.05, 3.63) is 29.3 Å². The van der Waals surface area contributed by atoms with E-state index < -0.39 is 9.84 Å². The van der Waals surface area contributed by atoms with Crippen LogP contribution >= 0.6 is 11.3 Å². The van der Waals surface area contributed by atoms with Crippen LogP contribution in [0.15, 0.2) is 24.3 Å². The molecule has 3 fully saturated rings. The normalized spacial score (nSPS) is 27.7. The van der Waals surface area contributed by atoms with Crippen LogP contribution in [0, 0.1) is 0 Å². The molecular formula is C22H30N4O3S2. The Hall–Kier alpha value is -1.55. The van der Waals surface area contributed by atoms with Gasteiger partial charge in [0, 0.05) is 44.7 Å². The van der Waals surface area contributed by atoms with Crippen molar-refractivity contribution >= 4 is 37.3 Å². The van der Waals surface area contributed by atoms with Crippen molar-refractivity contribution in [1.82, 2.24) is 19.7 Å². The zero-order chi connectivity index (χ0) is 21.4. The minimum absolute atomic E-state index is 0.138. The molecule has 168 valence electrons. The summed E-state index contributed by atoms with van der Waals surface area (Å²) < 4.78 is 24.7. The monoisotopic (exact) mass is 462 g/mol. The first kappa shape index (κ1) is 21.3. The third-order valence-electron chi connectivity index (χ3n) is 6.92. The molecule has 2 atom stereocenters. The molecule has 1 aromatic carbocycles. The van der Waals surface area contributed by atoms with Crippen molar-refractivity contribution in [1.29, 1.82) is 0 Å². The fourth-order valence-electron chi connectivity index (χ4n) is 5.16. The van der Waals surface area contributed by atoms with E-state index in [1.165, 1.54) is 9.71 Å². The van der Waals surface area contributed by atoms with Crippen molar-refractivity contribution in [3.8, 4) is 0 Å². The molecule has 0 unspecified atom stereocenters. The highest BCUT2D eigenvalue weighted by Gasteiger charge is 2.34. The van der Waals surface area contributed by atoms with E-state index in [9.17, 15) is 13.2 Å². The lowest BCUT2D eigenvalue weighted by Crippen LogP contribution is -2.54. The molecule has 4 heterocycles. The van der Waals surface area contributed by atoms with Crippen LogP contribution in [0.4, 0.5) is 0 Å². The van der Waals surface area contributed by atoms with Gasteiger partial charge in [-0.05, 0) is 37.9 Å². The molecule has 0 radical (unpaired) electrons. The van der Waals surface area contributed by atoms with E-state index >= 15 is 0 Å².